The Hall–Kier alpha value is -0.480. The molecule has 1 aromatic heterocycles. The van der Waals surface area contributed by atoms with E-state index in [9.17, 15) is 4.79 Å². The van der Waals surface area contributed by atoms with Gasteiger partial charge >= 0.3 is 0 Å². The van der Waals surface area contributed by atoms with Gasteiger partial charge in [-0.2, -0.15) is 0 Å². The van der Waals surface area contributed by atoms with E-state index in [-0.39, 0.29) is 22.9 Å². The fourth-order valence-corrected chi connectivity index (χ4v) is 1.70. The quantitative estimate of drug-likeness (QED) is 0.867. The van der Waals surface area contributed by atoms with Crippen LogP contribution in [0.1, 0.15) is 24.4 Å². The predicted octanol–water partition coefficient (Wildman–Crippen LogP) is 3.08. The second-order valence-corrected chi connectivity index (χ2v) is 4.52. The van der Waals surface area contributed by atoms with Crippen LogP contribution in [0.15, 0.2) is 16.5 Å². The highest BCUT2D eigenvalue weighted by molar-refractivity contribution is 9.09. The Balaban J connectivity index is 2.56. The third kappa shape index (κ3) is 3.54. The largest absolute Gasteiger partial charge is 0.440 e. The number of carbonyl (C=O) groups excluding carboxylic acids is 1. The SMILES string of the molecule is CC(CBr)C(C)NC(=O)c1ccc(Cl)o1. The van der Waals surface area contributed by atoms with E-state index in [4.69, 9.17) is 16.0 Å². The van der Waals surface area contributed by atoms with Gasteiger partial charge in [0.05, 0.1) is 0 Å². The molecule has 2 atom stereocenters. The number of hydrogen-bond donors (Lipinski definition) is 1. The average Bonchev–Trinajstić information content (AvgIpc) is 2.63. The van der Waals surface area contributed by atoms with Gasteiger partial charge in [-0.1, -0.05) is 22.9 Å². The second kappa shape index (κ2) is 5.56. The molecule has 3 nitrogen and oxygen atoms in total. The van der Waals surface area contributed by atoms with Gasteiger partial charge in [-0.05, 0) is 36.6 Å². The summed E-state index contributed by atoms with van der Waals surface area (Å²) in [5.41, 5.74) is 0. The van der Waals surface area contributed by atoms with Gasteiger partial charge in [0.1, 0.15) is 0 Å². The summed E-state index contributed by atoms with van der Waals surface area (Å²) in [6, 6.07) is 3.19. The first-order valence-electron chi connectivity index (χ1n) is 4.66. The minimum Gasteiger partial charge on any atom is -0.440 e. The molecule has 0 aromatic carbocycles. The second-order valence-electron chi connectivity index (χ2n) is 3.50. The molecule has 0 aliphatic rings. The van der Waals surface area contributed by atoms with Crippen LogP contribution in [0.4, 0.5) is 0 Å². The zero-order valence-corrected chi connectivity index (χ0v) is 10.9. The Kier molecular flexibility index (Phi) is 4.67. The minimum absolute atomic E-state index is 0.0840. The molecule has 1 rings (SSSR count). The van der Waals surface area contributed by atoms with Gasteiger partial charge in [0.15, 0.2) is 11.0 Å². The van der Waals surface area contributed by atoms with E-state index in [1.807, 2.05) is 6.92 Å². The van der Waals surface area contributed by atoms with Crippen LogP contribution < -0.4 is 5.32 Å². The lowest BCUT2D eigenvalue weighted by molar-refractivity contribution is 0.0903. The highest BCUT2D eigenvalue weighted by atomic mass is 79.9. The van der Waals surface area contributed by atoms with E-state index in [0.29, 0.717) is 5.92 Å². The number of amides is 1. The molecule has 0 bridgehead atoms. The van der Waals surface area contributed by atoms with Crippen LogP contribution in [0.5, 0.6) is 0 Å². The number of carbonyl (C=O) groups is 1. The van der Waals surface area contributed by atoms with Crippen molar-refractivity contribution < 1.29 is 9.21 Å². The van der Waals surface area contributed by atoms with Crippen LogP contribution in [0.3, 0.4) is 0 Å². The van der Waals surface area contributed by atoms with Crippen molar-refractivity contribution in [1.29, 1.82) is 0 Å². The van der Waals surface area contributed by atoms with Gasteiger partial charge in [0, 0.05) is 11.4 Å². The summed E-state index contributed by atoms with van der Waals surface area (Å²) >= 11 is 8.95. The van der Waals surface area contributed by atoms with Crippen molar-refractivity contribution >= 4 is 33.4 Å². The summed E-state index contributed by atoms with van der Waals surface area (Å²) in [5.74, 6) is 0.371. The first-order chi connectivity index (χ1) is 7.04. The number of furan rings is 1. The standard InChI is InChI=1S/C10H13BrClNO2/c1-6(5-11)7(2)13-10(14)8-3-4-9(12)15-8/h3-4,6-7H,5H2,1-2H3,(H,13,14). The molecular weight excluding hydrogens is 281 g/mol. The van der Waals surface area contributed by atoms with Gasteiger partial charge in [-0.25, -0.2) is 0 Å². The lowest BCUT2D eigenvalue weighted by atomic mass is 10.1. The molecule has 0 saturated heterocycles. The van der Waals surface area contributed by atoms with Crippen LogP contribution in [-0.4, -0.2) is 17.3 Å². The maximum absolute atomic E-state index is 11.6. The van der Waals surface area contributed by atoms with Gasteiger partial charge in [0.2, 0.25) is 0 Å². The molecule has 1 heterocycles. The smallest absolute Gasteiger partial charge is 0.287 e. The summed E-state index contributed by atoms with van der Waals surface area (Å²) in [6.45, 7) is 4.00. The first kappa shape index (κ1) is 12.6. The van der Waals surface area contributed by atoms with Crippen molar-refractivity contribution in [2.75, 3.05) is 5.33 Å². The van der Waals surface area contributed by atoms with Gasteiger partial charge in [-0.3, -0.25) is 4.79 Å². The third-order valence-electron chi connectivity index (χ3n) is 2.25. The van der Waals surface area contributed by atoms with Gasteiger partial charge < -0.3 is 9.73 Å². The molecule has 0 aliphatic heterocycles. The maximum Gasteiger partial charge on any atom is 0.287 e. The predicted molar refractivity (Wildman–Crippen MR) is 63.6 cm³/mol. The molecule has 0 fully saturated rings. The summed E-state index contributed by atoms with van der Waals surface area (Å²) in [7, 11) is 0. The number of halogens is 2. The number of hydrogen-bond acceptors (Lipinski definition) is 2. The van der Waals surface area contributed by atoms with E-state index >= 15 is 0 Å². The van der Waals surface area contributed by atoms with Crippen LogP contribution in [-0.2, 0) is 0 Å². The number of alkyl halides is 1. The fraction of sp³-hybridized carbons (Fsp3) is 0.500. The topological polar surface area (TPSA) is 42.2 Å². The zero-order chi connectivity index (χ0) is 11.4. The van der Waals surface area contributed by atoms with E-state index < -0.39 is 0 Å². The highest BCUT2D eigenvalue weighted by Gasteiger charge is 2.16. The van der Waals surface area contributed by atoms with Crippen LogP contribution in [0, 0.1) is 5.92 Å². The fourth-order valence-electron chi connectivity index (χ4n) is 0.990. The maximum atomic E-state index is 11.6. The van der Waals surface area contributed by atoms with Gasteiger partial charge in [-0.15, -0.1) is 0 Å². The zero-order valence-electron chi connectivity index (χ0n) is 8.59. The van der Waals surface area contributed by atoms with Crippen molar-refractivity contribution in [1.82, 2.24) is 5.32 Å². The Morgan fingerprint density at radius 1 is 1.60 bits per heavy atom. The average molecular weight is 295 g/mol. The van der Waals surface area contributed by atoms with Crippen molar-refractivity contribution in [3.8, 4) is 0 Å². The van der Waals surface area contributed by atoms with Crippen molar-refractivity contribution in [3.63, 3.8) is 0 Å². The monoisotopic (exact) mass is 293 g/mol. The molecule has 0 spiro atoms. The van der Waals surface area contributed by atoms with Crippen molar-refractivity contribution in [2.24, 2.45) is 5.92 Å². The molecular formula is C10H13BrClNO2. The molecule has 15 heavy (non-hydrogen) atoms. The number of nitrogens with one attached hydrogen (secondary N) is 1. The molecule has 5 heteroatoms. The molecule has 1 amide bonds. The normalized spacial score (nSPS) is 14.7. The Bertz CT molecular complexity index is 340. The molecule has 2 unspecified atom stereocenters. The third-order valence-corrected chi connectivity index (χ3v) is 3.48. The van der Waals surface area contributed by atoms with E-state index in [2.05, 4.69) is 28.2 Å². The van der Waals surface area contributed by atoms with E-state index in [1.54, 1.807) is 12.1 Å². The van der Waals surface area contributed by atoms with E-state index in [1.165, 1.54) is 0 Å². The van der Waals surface area contributed by atoms with E-state index in [0.717, 1.165) is 5.33 Å². The lowest BCUT2D eigenvalue weighted by Gasteiger charge is -2.18. The highest BCUT2D eigenvalue weighted by Crippen LogP contribution is 2.14. The van der Waals surface area contributed by atoms with Crippen LogP contribution in [0.2, 0.25) is 5.22 Å². The molecule has 0 saturated carbocycles. The molecule has 84 valence electrons. The molecule has 1 N–H and O–H groups in total. The van der Waals surface area contributed by atoms with Crippen molar-refractivity contribution in [3.05, 3.63) is 23.1 Å². The summed E-state index contributed by atoms with van der Waals surface area (Å²) in [5, 5.41) is 3.90. The Morgan fingerprint density at radius 3 is 2.73 bits per heavy atom. The first-order valence-corrected chi connectivity index (χ1v) is 6.16. The minimum atomic E-state index is -0.234. The Labute approximate surface area is 102 Å². The van der Waals surface area contributed by atoms with Gasteiger partial charge in [0.25, 0.3) is 5.91 Å². The molecule has 1 aromatic rings. The summed E-state index contributed by atoms with van der Waals surface area (Å²) in [6.07, 6.45) is 0. The van der Waals surface area contributed by atoms with Crippen LogP contribution >= 0.6 is 27.5 Å². The molecule has 0 radical (unpaired) electrons. The van der Waals surface area contributed by atoms with Crippen molar-refractivity contribution in [2.45, 2.75) is 19.9 Å². The van der Waals surface area contributed by atoms with Crippen LogP contribution in [0.25, 0.3) is 0 Å². The molecule has 0 aliphatic carbocycles. The summed E-state index contributed by atoms with van der Waals surface area (Å²) < 4.78 is 5.00. The summed E-state index contributed by atoms with van der Waals surface area (Å²) in [4.78, 5) is 11.6. The Morgan fingerprint density at radius 2 is 2.27 bits per heavy atom. The number of rotatable bonds is 4. The lowest BCUT2D eigenvalue weighted by Crippen LogP contribution is -2.37.